The first-order chi connectivity index (χ1) is 9.53. The Labute approximate surface area is 126 Å². The largest absolute Gasteiger partial charge is 0.493 e. The summed E-state index contributed by atoms with van der Waals surface area (Å²) in [5.74, 6) is 2.70. The molecule has 0 radical (unpaired) electrons. The highest BCUT2D eigenvalue weighted by atomic mass is 35.5. The van der Waals surface area contributed by atoms with Crippen LogP contribution in [0.25, 0.3) is 0 Å². The maximum Gasteiger partial charge on any atom is 0.180 e. The summed E-state index contributed by atoms with van der Waals surface area (Å²) in [6.45, 7) is 5.00. The maximum atomic E-state index is 6.32. The molecule has 112 valence electrons. The van der Waals surface area contributed by atoms with E-state index in [1.54, 1.807) is 7.11 Å². The van der Waals surface area contributed by atoms with Gasteiger partial charge < -0.3 is 15.2 Å². The summed E-state index contributed by atoms with van der Waals surface area (Å²) in [7, 11) is 1.63. The van der Waals surface area contributed by atoms with Crippen molar-refractivity contribution in [2.45, 2.75) is 45.8 Å². The number of rotatable bonds is 4. The van der Waals surface area contributed by atoms with Gasteiger partial charge in [-0.05, 0) is 48.8 Å². The van der Waals surface area contributed by atoms with Crippen molar-refractivity contribution in [3.63, 3.8) is 0 Å². The predicted molar refractivity (Wildman–Crippen MR) is 82.5 cm³/mol. The van der Waals surface area contributed by atoms with Gasteiger partial charge in [0.15, 0.2) is 11.5 Å². The molecule has 0 aliphatic heterocycles. The van der Waals surface area contributed by atoms with E-state index in [1.165, 1.54) is 6.42 Å². The molecule has 2 rings (SSSR count). The Balaban J connectivity index is 2.20. The molecule has 1 aliphatic rings. The van der Waals surface area contributed by atoms with Crippen LogP contribution >= 0.6 is 11.6 Å². The minimum atomic E-state index is 0.212. The van der Waals surface area contributed by atoms with Gasteiger partial charge in [0.1, 0.15) is 0 Å². The second-order valence-electron chi connectivity index (χ2n) is 5.97. The Morgan fingerprint density at radius 2 is 1.85 bits per heavy atom. The van der Waals surface area contributed by atoms with E-state index in [0.29, 0.717) is 34.9 Å². The summed E-state index contributed by atoms with van der Waals surface area (Å²) >= 11 is 6.32. The van der Waals surface area contributed by atoms with Gasteiger partial charge in [-0.1, -0.05) is 25.4 Å². The first-order valence-electron chi connectivity index (χ1n) is 7.26. The lowest BCUT2D eigenvalue weighted by Crippen LogP contribution is -2.28. The fourth-order valence-electron chi connectivity index (χ4n) is 3.14. The highest BCUT2D eigenvalue weighted by Crippen LogP contribution is 2.40. The summed E-state index contributed by atoms with van der Waals surface area (Å²) in [4.78, 5) is 0. The van der Waals surface area contributed by atoms with Crippen LogP contribution in [0.15, 0.2) is 12.1 Å². The SMILES string of the molecule is COc1cc(CN)cc(Cl)c1OC1CC(C)CC(C)C1. The van der Waals surface area contributed by atoms with Gasteiger partial charge in [0.05, 0.1) is 18.2 Å². The van der Waals surface area contributed by atoms with Crippen molar-refractivity contribution in [3.05, 3.63) is 22.7 Å². The molecule has 1 saturated carbocycles. The summed E-state index contributed by atoms with van der Waals surface area (Å²) in [5.41, 5.74) is 6.61. The molecule has 20 heavy (non-hydrogen) atoms. The fourth-order valence-corrected chi connectivity index (χ4v) is 3.42. The molecule has 2 unspecified atom stereocenters. The quantitative estimate of drug-likeness (QED) is 0.913. The molecular formula is C16H24ClNO2. The Bertz CT molecular complexity index is 454. The average molecular weight is 298 g/mol. The van der Waals surface area contributed by atoms with Crippen molar-refractivity contribution >= 4 is 11.6 Å². The molecule has 3 nitrogen and oxygen atoms in total. The Kier molecular flexibility index (Phi) is 5.17. The van der Waals surface area contributed by atoms with Crippen LogP contribution in [0.1, 0.15) is 38.7 Å². The Morgan fingerprint density at radius 3 is 2.40 bits per heavy atom. The van der Waals surface area contributed by atoms with Crippen molar-refractivity contribution < 1.29 is 9.47 Å². The van der Waals surface area contributed by atoms with Gasteiger partial charge in [-0.2, -0.15) is 0 Å². The van der Waals surface area contributed by atoms with Crippen LogP contribution < -0.4 is 15.2 Å². The molecule has 1 aromatic carbocycles. The highest BCUT2D eigenvalue weighted by Gasteiger charge is 2.27. The lowest BCUT2D eigenvalue weighted by atomic mass is 9.82. The zero-order valence-electron chi connectivity index (χ0n) is 12.5. The van der Waals surface area contributed by atoms with Gasteiger partial charge in [0.2, 0.25) is 0 Å². The zero-order valence-corrected chi connectivity index (χ0v) is 13.2. The fraction of sp³-hybridized carbons (Fsp3) is 0.625. The summed E-state index contributed by atoms with van der Waals surface area (Å²) in [5, 5.41) is 0.579. The lowest BCUT2D eigenvalue weighted by molar-refractivity contribution is 0.0980. The molecule has 0 saturated heterocycles. The van der Waals surface area contributed by atoms with E-state index in [2.05, 4.69) is 13.8 Å². The molecule has 0 spiro atoms. The minimum Gasteiger partial charge on any atom is -0.493 e. The van der Waals surface area contributed by atoms with Gasteiger partial charge in [-0.3, -0.25) is 0 Å². The second-order valence-corrected chi connectivity index (χ2v) is 6.38. The van der Waals surface area contributed by atoms with Crippen molar-refractivity contribution in [1.29, 1.82) is 0 Å². The van der Waals surface area contributed by atoms with E-state index in [4.69, 9.17) is 26.8 Å². The summed E-state index contributed by atoms with van der Waals surface area (Å²) in [6, 6.07) is 3.76. The highest BCUT2D eigenvalue weighted by molar-refractivity contribution is 6.32. The third-order valence-electron chi connectivity index (χ3n) is 3.94. The van der Waals surface area contributed by atoms with Gasteiger partial charge in [-0.25, -0.2) is 0 Å². The van der Waals surface area contributed by atoms with Crippen LogP contribution in [0.3, 0.4) is 0 Å². The lowest BCUT2D eigenvalue weighted by Gasteiger charge is -2.32. The molecule has 0 heterocycles. The predicted octanol–water partition coefficient (Wildman–Crippen LogP) is 4.01. The molecular weight excluding hydrogens is 274 g/mol. The molecule has 4 heteroatoms. The monoisotopic (exact) mass is 297 g/mol. The molecule has 0 amide bonds. The molecule has 0 aromatic heterocycles. The number of methoxy groups -OCH3 is 1. The molecule has 1 fully saturated rings. The Morgan fingerprint density at radius 1 is 1.20 bits per heavy atom. The maximum absolute atomic E-state index is 6.32. The van der Waals surface area contributed by atoms with Crippen LogP contribution in [0.2, 0.25) is 5.02 Å². The van der Waals surface area contributed by atoms with E-state index >= 15 is 0 Å². The minimum absolute atomic E-state index is 0.212. The van der Waals surface area contributed by atoms with E-state index in [-0.39, 0.29) is 6.10 Å². The van der Waals surface area contributed by atoms with Gasteiger partial charge in [0.25, 0.3) is 0 Å². The first kappa shape index (κ1) is 15.5. The van der Waals surface area contributed by atoms with Crippen LogP contribution in [0.5, 0.6) is 11.5 Å². The zero-order chi connectivity index (χ0) is 14.7. The molecule has 1 aromatic rings. The van der Waals surface area contributed by atoms with Crippen molar-refractivity contribution in [3.8, 4) is 11.5 Å². The van der Waals surface area contributed by atoms with E-state index in [0.717, 1.165) is 18.4 Å². The number of hydrogen-bond donors (Lipinski definition) is 1. The number of benzene rings is 1. The van der Waals surface area contributed by atoms with E-state index < -0.39 is 0 Å². The standard InChI is InChI=1S/C16H24ClNO2/c1-10-4-11(2)6-13(5-10)20-16-14(17)7-12(9-18)8-15(16)19-3/h7-8,10-11,13H,4-6,9,18H2,1-3H3. The van der Waals surface area contributed by atoms with Crippen LogP contribution in [0, 0.1) is 11.8 Å². The third kappa shape index (κ3) is 3.58. The number of halogens is 1. The van der Waals surface area contributed by atoms with Gasteiger partial charge in [-0.15, -0.1) is 0 Å². The van der Waals surface area contributed by atoms with Crippen molar-refractivity contribution in [1.82, 2.24) is 0 Å². The van der Waals surface area contributed by atoms with Crippen LogP contribution in [-0.4, -0.2) is 13.2 Å². The van der Waals surface area contributed by atoms with Crippen molar-refractivity contribution in [2.24, 2.45) is 17.6 Å². The summed E-state index contributed by atoms with van der Waals surface area (Å²) < 4.78 is 11.5. The smallest absolute Gasteiger partial charge is 0.180 e. The molecule has 1 aliphatic carbocycles. The topological polar surface area (TPSA) is 44.5 Å². The van der Waals surface area contributed by atoms with E-state index in [9.17, 15) is 0 Å². The molecule has 2 N–H and O–H groups in total. The van der Waals surface area contributed by atoms with Crippen LogP contribution in [0.4, 0.5) is 0 Å². The third-order valence-corrected chi connectivity index (χ3v) is 4.23. The number of nitrogens with two attached hydrogens (primary N) is 1. The molecule has 2 atom stereocenters. The molecule has 0 bridgehead atoms. The van der Waals surface area contributed by atoms with Gasteiger partial charge in [0, 0.05) is 6.54 Å². The number of hydrogen-bond acceptors (Lipinski definition) is 3. The average Bonchev–Trinajstić information content (AvgIpc) is 2.39. The number of ether oxygens (including phenoxy) is 2. The normalized spacial score (nSPS) is 26.4. The van der Waals surface area contributed by atoms with E-state index in [1.807, 2.05) is 12.1 Å². The first-order valence-corrected chi connectivity index (χ1v) is 7.64. The summed E-state index contributed by atoms with van der Waals surface area (Å²) in [6.07, 6.45) is 3.63. The second kappa shape index (κ2) is 6.68. The van der Waals surface area contributed by atoms with Crippen LogP contribution in [-0.2, 0) is 6.54 Å². The van der Waals surface area contributed by atoms with Crippen molar-refractivity contribution in [2.75, 3.05) is 7.11 Å². The Hall–Kier alpha value is -0.930. The van der Waals surface area contributed by atoms with Gasteiger partial charge >= 0.3 is 0 Å².